The zero-order valence-corrected chi connectivity index (χ0v) is 14.5. The van der Waals surface area contributed by atoms with Crippen molar-refractivity contribution >= 4 is 22.4 Å². The van der Waals surface area contributed by atoms with E-state index in [2.05, 4.69) is 37.1 Å². The number of carbonyl (C=O) groups excluding carboxylic acids is 1. The van der Waals surface area contributed by atoms with Crippen molar-refractivity contribution in [3.05, 3.63) is 40.4 Å². The molecule has 0 aliphatic heterocycles. The Kier molecular flexibility index (Phi) is 5.19. The number of nitrogens with zero attached hydrogens (tertiary/aromatic N) is 1. The van der Waals surface area contributed by atoms with Crippen LogP contribution >= 0.6 is 11.3 Å². The van der Waals surface area contributed by atoms with Crippen LogP contribution in [0.2, 0.25) is 0 Å². The van der Waals surface area contributed by atoms with Gasteiger partial charge in [-0.25, -0.2) is 4.98 Å². The molecule has 1 atom stereocenters. The molecule has 1 unspecified atom stereocenters. The molecule has 0 saturated carbocycles. The number of carbonyl (C=O) groups is 1. The van der Waals surface area contributed by atoms with Gasteiger partial charge in [0.15, 0.2) is 11.2 Å². The predicted octanol–water partition coefficient (Wildman–Crippen LogP) is 4.29. The van der Waals surface area contributed by atoms with Gasteiger partial charge in [0.1, 0.15) is 5.75 Å². The van der Waals surface area contributed by atoms with Gasteiger partial charge in [0.05, 0.1) is 5.69 Å². The van der Waals surface area contributed by atoms with Crippen LogP contribution in [0.15, 0.2) is 23.6 Å². The van der Waals surface area contributed by atoms with Crippen LogP contribution in [0.1, 0.15) is 43.5 Å². The molecule has 4 nitrogen and oxygen atoms in total. The van der Waals surface area contributed by atoms with Crippen molar-refractivity contribution in [2.24, 2.45) is 0 Å². The summed E-state index contributed by atoms with van der Waals surface area (Å²) in [5.74, 6) is 0.989. The largest absolute Gasteiger partial charge is 0.481 e. The third-order valence-electron chi connectivity index (χ3n) is 3.39. The van der Waals surface area contributed by atoms with Gasteiger partial charge in [0.25, 0.3) is 5.91 Å². The molecule has 0 aliphatic rings. The molecule has 0 spiro atoms. The fourth-order valence-corrected chi connectivity index (χ4v) is 2.94. The van der Waals surface area contributed by atoms with Gasteiger partial charge < -0.3 is 4.74 Å². The molecule has 1 amide bonds. The molecule has 118 valence electrons. The van der Waals surface area contributed by atoms with Gasteiger partial charge >= 0.3 is 0 Å². The van der Waals surface area contributed by atoms with Crippen molar-refractivity contribution < 1.29 is 9.53 Å². The smallest absolute Gasteiger partial charge is 0.266 e. The minimum absolute atomic E-state index is 0.195. The summed E-state index contributed by atoms with van der Waals surface area (Å²) in [4.78, 5) is 16.3. The zero-order chi connectivity index (χ0) is 16.3. The Morgan fingerprint density at radius 1 is 1.27 bits per heavy atom. The van der Waals surface area contributed by atoms with Crippen LogP contribution in [0.25, 0.3) is 0 Å². The van der Waals surface area contributed by atoms with Crippen LogP contribution in [-0.4, -0.2) is 17.0 Å². The molecule has 0 radical (unpaired) electrons. The Morgan fingerprint density at radius 2 is 2.00 bits per heavy atom. The number of nitrogens with one attached hydrogen (secondary N) is 1. The zero-order valence-electron chi connectivity index (χ0n) is 13.6. The molecule has 5 heteroatoms. The number of hydrogen-bond acceptors (Lipinski definition) is 4. The maximum absolute atomic E-state index is 12.1. The van der Waals surface area contributed by atoms with Gasteiger partial charge in [-0.15, -0.1) is 11.3 Å². The SMILES string of the molecule is Cc1csc(NC(=O)C(C)Oc2ccc(C(C)C)c(C)c2)n1. The molecule has 0 fully saturated rings. The summed E-state index contributed by atoms with van der Waals surface area (Å²) in [5, 5.41) is 5.27. The molecular formula is C17H22N2O2S. The third-order valence-corrected chi connectivity index (χ3v) is 4.27. The van der Waals surface area contributed by atoms with Gasteiger partial charge in [-0.3, -0.25) is 10.1 Å². The highest BCUT2D eigenvalue weighted by molar-refractivity contribution is 7.13. The van der Waals surface area contributed by atoms with E-state index in [0.717, 1.165) is 5.69 Å². The molecular weight excluding hydrogens is 296 g/mol. The lowest BCUT2D eigenvalue weighted by molar-refractivity contribution is -0.122. The monoisotopic (exact) mass is 318 g/mol. The molecule has 22 heavy (non-hydrogen) atoms. The quantitative estimate of drug-likeness (QED) is 0.894. The van der Waals surface area contributed by atoms with Crippen molar-refractivity contribution in [1.82, 2.24) is 4.98 Å². The first kappa shape index (κ1) is 16.5. The van der Waals surface area contributed by atoms with E-state index in [1.54, 1.807) is 6.92 Å². The maximum Gasteiger partial charge on any atom is 0.266 e. The number of ether oxygens (including phenoxy) is 1. The van der Waals surface area contributed by atoms with Crippen LogP contribution in [0, 0.1) is 13.8 Å². The molecule has 0 saturated heterocycles. The van der Waals surface area contributed by atoms with Gasteiger partial charge in [-0.1, -0.05) is 19.9 Å². The fourth-order valence-electron chi connectivity index (χ4n) is 2.25. The normalized spacial score (nSPS) is 12.3. The van der Waals surface area contributed by atoms with Crippen LogP contribution < -0.4 is 10.1 Å². The number of anilines is 1. The molecule has 0 aliphatic carbocycles. The molecule has 1 aromatic heterocycles. The van der Waals surface area contributed by atoms with E-state index in [9.17, 15) is 4.79 Å². The molecule has 0 bridgehead atoms. The summed E-state index contributed by atoms with van der Waals surface area (Å²) < 4.78 is 5.74. The number of aromatic nitrogens is 1. The number of hydrogen-bond donors (Lipinski definition) is 1. The van der Waals surface area contributed by atoms with Gasteiger partial charge in [0.2, 0.25) is 0 Å². The van der Waals surface area contributed by atoms with E-state index in [1.807, 2.05) is 24.4 Å². The summed E-state index contributed by atoms with van der Waals surface area (Å²) in [7, 11) is 0. The molecule has 2 aromatic rings. The number of aryl methyl sites for hydroxylation is 2. The van der Waals surface area contributed by atoms with Crippen LogP contribution in [0.4, 0.5) is 5.13 Å². The highest BCUT2D eigenvalue weighted by Gasteiger charge is 2.16. The Balaban J connectivity index is 2.00. The second kappa shape index (κ2) is 6.92. The number of thiazole rings is 1. The van der Waals surface area contributed by atoms with Gasteiger partial charge in [-0.2, -0.15) is 0 Å². The van der Waals surface area contributed by atoms with E-state index in [0.29, 0.717) is 16.8 Å². The molecule has 2 rings (SSSR count). The van der Waals surface area contributed by atoms with Crippen molar-refractivity contribution in [3.8, 4) is 5.75 Å². The lowest BCUT2D eigenvalue weighted by Gasteiger charge is -2.16. The Morgan fingerprint density at radius 3 is 2.55 bits per heavy atom. The van der Waals surface area contributed by atoms with Crippen LogP contribution in [-0.2, 0) is 4.79 Å². The fraction of sp³-hybridized carbons (Fsp3) is 0.412. The summed E-state index contributed by atoms with van der Waals surface area (Å²) in [6.07, 6.45) is -0.575. The lowest BCUT2D eigenvalue weighted by Crippen LogP contribution is -2.30. The predicted molar refractivity (Wildman–Crippen MR) is 90.8 cm³/mol. The number of amides is 1. The summed E-state index contributed by atoms with van der Waals surface area (Å²) >= 11 is 1.41. The molecule has 1 N–H and O–H groups in total. The first-order valence-electron chi connectivity index (χ1n) is 7.37. The van der Waals surface area contributed by atoms with Crippen molar-refractivity contribution in [3.63, 3.8) is 0 Å². The highest BCUT2D eigenvalue weighted by Crippen LogP contribution is 2.24. The Labute approximate surface area is 135 Å². The summed E-state index contributed by atoms with van der Waals surface area (Å²) in [6, 6.07) is 5.95. The molecule has 1 aromatic carbocycles. The maximum atomic E-state index is 12.1. The average molecular weight is 318 g/mol. The number of benzene rings is 1. The van der Waals surface area contributed by atoms with Crippen LogP contribution in [0.5, 0.6) is 5.75 Å². The highest BCUT2D eigenvalue weighted by atomic mass is 32.1. The summed E-state index contributed by atoms with van der Waals surface area (Å²) in [5.41, 5.74) is 3.37. The third kappa shape index (κ3) is 4.07. The van der Waals surface area contributed by atoms with Crippen molar-refractivity contribution in [2.75, 3.05) is 5.32 Å². The minimum Gasteiger partial charge on any atom is -0.481 e. The van der Waals surface area contributed by atoms with E-state index in [4.69, 9.17) is 4.74 Å². The van der Waals surface area contributed by atoms with Crippen LogP contribution in [0.3, 0.4) is 0 Å². The number of rotatable bonds is 5. The molecule has 1 heterocycles. The van der Waals surface area contributed by atoms with Gasteiger partial charge in [-0.05, 0) is 49.9 Å². The van der Waals surface area contributed by atoms with Gasteiger partial charge in [0, 0.05) is 5.38 Å². The standard InChI is InChI=1S/C17H22N2O2S/c1-10(2)15-7-6-14(8-11(15)3)21-13(5)16(20)19-17-18-12(4)9-22-17/h6-10,13H,1-5H3,(H,18,19,20). The van der Waals surface area contributed by atoms with E-state index >= 15 is 0 Å². The first-order chi connectivity index (χ1) is 10.4. The topological polar surface area (TPSA) is 51.2 Å². The second-order valence-corrected chi connectivity index (χ2v) is 6.57. The van der Waals surface area contributed by atoms with Crippen molar-refractivity contribution in [1.29, 1.82) is 0 Å². The van der Waals surface area contributed by atoms with E-state index in [-0.39, 0.29) is 5.91 Å². The van der Waals surface area contributed by atoms with E-state index in [1.165, 1.54) is 22.5 Å². The van der Waals surface area contributed by atoms with E-state index < -0.39 is 6.10 Å². The second-order valence-electron chi connectivity index (χ2n) is 5.72. The first-order valence-corrected chi connectivity index (χ1v) is 8.25. The Hall–Kier alpha value is -1.88. The minimum atomic E-state index is -0.575. The Bertz CT molecular complexity index is 664. The average Bonchev–Trinajstić information content (AvgIpc) is 2.83. The van der Waals surface area contributed by atoms with Crippen molar-refractivity contribution in [2.45, 2.75) is 46.6 Å². The lowest BCUT2D eigenvalue weighted by atomic mass is 9.98. The summed E-state index contributed by atoms with van der Waals surface area (Å²) in [6.45, 7) is 10.0.